The van der Waals surface area contributed by atoms with Crippen LogP contribution in [0.25, 0.3) is 11.0 Å². The predicted octanol–water partition coefficient (Wildman–Crippen LogP) is 5.28. The first-order chi connectivity index (χ1) is 15.1. The van der Waals surface area contributed by atoms with Crippen LogP contribution in [0.15, 0.2) is 65.6 Å². The van der Waals surface area contributed by atoms with E-state index < -0.39 is 9.84 Å². The van der Waals surface area contributed by atoms with Crippen molar-refractivity contribution in [2.45, 2.75) is 4.90 Å². The van der Waals surface area contributed by atoms with Gasteiger partial charge in [-0.15, -0.1) is 0 Å². The van der Waals surface area contributed by atoms with Crippen LogP contribution in [0.3, 0.4) is 0 Å². The number of benzene rings is 3. The zero-order valence-electron chi connectivity index (χ0n) is 17.1. The van der Waals surface area contributed by atoms with Crippen molar-refractivity contribution in [3.63, 3.8) is 0 Å². The van der Waals surface area contributed by atoms with Gasteiger partial charge in [0.05, 0.1) is 31.7 Å². The van der Waals surface area contributed by atoms with E-state index in [0.717, 1.165) is 11.8 Å². The molecule has 0 saturated heterocycles. The molecule has 3 aromatic carbocycles. The Morgan fingerprint density at radius 1 is 1.00 bits per heavy atom. The third-order valence-electron chi connectivity index (χ3n) is 4.86. The van der Waals surface area contributed by atoms with Crippen LogP contribution in [0.4, 0.5) is 17.3 Å². The number of fused-ring (bicyclic) bond motifs is 1. The Labute approximate surface area is 194 Å². The van der Waals surface area contributed by atoms with Gasteiger partial charge in [-0.05, 0) is 48.5 Å². The number of para-hydroxylation sites is 1. The number of amides is 1. The number of hydrogen-bond donors (Lipinski definition) is 2. The quantitative estimate of drug-likeness (QED) is 0.398. The van der Waals surface area contributed by atoms with E-state index in [-0.39, 0.29) is 10.8 Å². The summed E-state index contributed by atoms with van der Waals surface area (Å²) in [6.07, 6.45) is 1.12. The molecule has 0 radical (unpaired) electrons. The fraction of sp³-hybridized carbons (Fsp3) is 0.0909. The molecule has 0 aliphatic rings. The minimum Gasteiger partial charge on any atom is -0.323 e. The first-order valence-corrected chi connectivity index (χ1v) is 12.1. The average molecular weight is 489 g/mol. The van der Waals surface area contributed by atoms with E-state index in [9.17, 15) is 13.2 Å². The lowest BCUT2D eigenvalue weighted by Crippen LogP contribution is -2.12. The molecule has 164 valence electrons. The van der Waals surface area contributed by atoms with Crippen molar-refractivity contribution < 1.29 is 13.2 Å². The molecular formula is C22H18Cl2N4O3S. The number of anilines is 3. The molecule has 7 nitrogen and oxygen atoms in total. The molecule has 1 aromatic heterocycles. The second kappa shape index (κ2) is 8.46. The van der Waals surface area contributed by atoms with E-state index >= 15 is 0 Å². The van der Waals surface area contributed by atoms with Crippen molar-refractivity contribution in [1.29, 1.82) is 0 Å². The van der Waals surface area contributed by atoms with E-state index in [1.54, 1.807) is 48.5 Å². The fourth-order valence-electron chi connectivity index (χ4n) is 3.19. The summed E-state index contributed by atoms with van der Waals surface area (Å²) >= 11 is 12.5. The van der Waals surface area contributed by atoms with Crippen LogP contribution in [0.5, 0.6) is 0 Å². The number of aryl methyl sites for hydroxylation is 1. The summed E-state index contributed by atoms with van der Waals surface area (Å²) in [6.45, 7) is 0. The number of carbonyl (C=O) groups is 1. The Bertz CT molecular complexity index is 1450. The molecule has 10 heteroatoms. The highest BCUT2D eigenvalue weighted by atomic mass is 35.5. The van der Waals surface area contributed by atoms with Crippen LogP contribution >= 0.6 is 23.2 Å². The van der Waals surface area contributed by atoms with E-state index in [4.69, 9.17) is 23.2 Å². The van der Waals surface area contributed by atoms with E-state index in [0.29, 0.717) is 38.4 Å². The van der Waals surface area contributed by atoms with Gasteiger partial charge in [-0.3, -0.25) is 4.79 Å². The molecule has 0 unspecified atom stereocenters. The van der Waals surface area contributed by atoms with Crippen molar-refractivity contribution in [2.24, 2.45) is 7.05 Å². The Morgan fingerprint density at radius 3 is 2.38 bits per heavy atom. The highest BCUT2D eigenvalue weighted by Gasteiger charge is 2.15. The number of aromatic nitrogens is 2. The molecule has 4 rings (SSSR count). The van der Waals surface area contributed by atoms with Crippen molar-refractivity contribution in [3.8, 4) is 0 Å². The molecule has 0 atom stereocenters. The van der Waals surface area contributed by atoms with Gasteiger partial charge in [0.25, 0.3) is 5.91 Å². The molecule has 0 aliphatic carbocycles. The Morgan fingerprint density at radius 2 is 1.69 bits per heavy atom. The molecular weight excluding hydrogens is 471 g/mol. The van der Waals surface area contributed by atoms with Crippen LogP contribution < -0.4 is 10.6 Å². The number of rotatable bonds is 5. The fourth-order valence-corrected chi connectivity index (χ4v) is 4.35. The maximum Gasteiger partial charge on any atom is 0.255 e. The van der Waals surface area contributed by atoms with Gasteiger partial charge in [0.2, 0.25) is 5.95 Å². The molecule has 32 heavy (non-hydrogen) atoms. The lowest BCUT2D eigenvalue weighted by Gasteiger charge is -2.09. The molecule has 1 heterocycles. The Hall–Kier alpha value is -3.07. The number of hydrogen-bond acceptors (Lipinski definition) is 5. The topological polar surface area (TPSA) is 93.1 Å². The average Bonchev–Trinajstić information content (AvgIpc) is 3.05. The number of nitrogens with one attached hydrogen (secondary N) is 2. The minimum atomic E-state index is -3.38. The molecule has 4 aromatic rings. The lowest BCUT2D eigenvalue weighted by molar-refractivity contribution is 0.102. The molecule has 1 amide bonds. The van der Waals surface area contributed by atoms with Gasteiger partial charge in [0, 0.05) is 24.6 Å². The van der Waals surface area contributed by atoms with Crippen molar-refractivity contribution in [1.82, 2.24) is 9.55 Å². The Kier molecular flexibility index (Phi) is 5.85. The van der Waals surface area contributed by atoms with Gasteiger partial charge >= 0.3 is 0 Å². The third-order valence-corrected chi connectivity index (χ3v) is 6.60. The van der Waals surface area contributed by atoms with E-state index in [2.05, 4.69) is 15.6 Å². The maximum absolute atomic E-state index is 12.7. The lowest BCUT2D eigenvalue weighted by atomic mass is 10.2. The smallest absolute Gasteiger partial charge is 0.255 e. The zero-order chi connectivity index (χ0) is 23.0. The highest BCUT2D eigenvalue weighted by molar-refractivity contribution is 7.90. The monoisotopic (exact) mass is 488 g/mol. The third kappa shape index (κ3) is 4.43. The van der Waals surface area contributed by atoms with Crippen molar-refractivity contribution >= 4 is 67.3 Å². The van der Waals surface area contributed by atoms with Gasteiger partial charge in [-0.1, -0.05) is 35.3 Å². The molecule has 0 fully saturated rings. The van der Waals surface area contributed by atoms with Gasteiger partial charge in [-0.25, -0.2) is 13.4 Å². The SMILES string of the molecule is Cn1c(Nc2c(Cl)cccc2Cl)nc2cc(C(=O)Nc3cccc(S(C)(=O)=O)c3)ccc21. The van der Waals surface area contributed by atoms with Crippen LogP contribution in [-0.4, -0.2) is 30.1 Å². The molecule has 0 aliphatic heterocycles. The van der Waals surface area contributed by atoms with Gasteiger partial charge in [0.1, 0.15) is 0 Å². The number of nitrogens with zero attached hydrogens (tertiary/aromatic N) is 2. The van der Waals surface area contributed by atoms with Crippen LogP contribution in [0, 0.1) is 0 Å². The summed E-state index contributed by atoms with van der Waals surface area (Å²) in [4.78, 5) is 17.4. The second-order valence-electron chi connectivity index (χ2n) is 7.17. The Balaban J connectivity index is 1.62. The largest absolute Gasteiger partial charge is 0.323 e. The van der Waals surface area contributed by atoms with Gasteiger partial charge in [-0.2, -0.15) is 0 Å². The van der Waals surface area contributed by atoms with Crippen molar-refractivity contribution in [3.05, 3.63) is 76.3 Å². The second-order valence-corrected chi connectivity index (χ2v) is 10.0. The summed E-state index contributed by atoms with van der Waals surface area (Å²) in [5.41, 5.74) is 2.69. The minimum absolute atomic E-state index is 0.129. The maximum atomic E-state index is 12.7. The van der Waals surface area contributed by atoms with Crippen LogP contribution in [-0.2, 0) is 16.9 Å². The predicted molar refractivity (Wildman–Crippen MR) is 128 cm³/mol. The van der Waals surface area contributed by atoms with Crippen LogP contribution in [0.1, 0.15) is 10.4 Å². The zero-order valence-corrected chi connectivity index (χ0v) is 19.4. The summed E-state index contributed by atoms with van der Waals surface area (Å²) in [5, 5.41) is 6.78. The van der Waals surface area contributed by atoms with E-state index in [1.165, 1.54) is 12.1 Å². The summed E-state index contributed by atoms with van der Waals surface area (Å²) in [5.74, 6) is 0.125. The first kappa shape index (κ1) is 22.1. The number of imidazole rings is 1. The normalized spacial score (nSPS) is 11.5. The number of carbonyl (C=O) groups excluding carboxylic acids is 1. The summed E-state index contributed by atoms with van der Waals surface area (Å²) in [6, 6.07) is 16.4. The summed E-state index contributed by atoms with van der Waals surface area (Å²) in [7, 11) is -1.55. The number of halogens is 2. The molecule has 0 bridgehead atoms. The summed E-state index contributed by atoms with van der Waals surface area (Å²) < 4.78 is 25.3. The molecule has 2 N–H and O–H groups in total. The number of sulfone groups is 1. The van der Waals surface area contributed by atoms with E-state index in [1.807, 2.05) is 11.6 Å². The van der Waals surface area contributed by atoms with Crippen molar-refractivity contribution in [2.75, 3.05) is 16.9 Å². The van der Waals surface area contributed by atoms with Gasteiger partial charge in [0.15, 0.2) is 9.84 Å². The van der Waals surface area contributed by atoms with Crippen LogP contribution in [0.2, 0.25) is 10.0 Å². The van der Waals surface area contributed by atoms with Gasteiger partial charge < -0.3 is 15.2 Å². The highest BCUT2D eigenvalue weighted by Crippen LogP contribution is 2.33. The molecule has 0 saturated carbocycles. The standard InChI is InChI=1S/C22H18Cl2N4O3S/c1-28-19-10-9-13(21(29)25-14-5-3-6-15(12-14)32(2,30)31)11-18(19)26-22(28)27-20-16(23)7-4-8-17(20)24/h3-12H,1-2H3,(H,25,29)(H,26,27). The first-order valence-electron chi connectivity index (χ1n) is 9.42. The molecule has 0 spiro atoms.